The Hall–Kier alpha value is -0.940. The standard InChI is InChI=1S/C9H15N3O2/c1-2-13-5-7-11-9(12-14-7)8(10)6-3-4-6/h6,8H,2-5,10H2,1H3. The molecule has 1 aromatic heterocycles. The van der Waals surface area contributed by atoms with Crippen LogP contribution < -0.4 is 5.73 Å². The number of hydrogen-bond acceptors (Lipinski definition) is 5. The van der Waals surface area contributed by atoms with E-state index in [9.17, 15) is 0 Å². The van der Waals surface area contributed by atoms with Crippen LogP contribution in [0, 0.1) is 5.92 Å². The van der Waals surface area contributed by atoms with Gasteiger partial charge in [-0.15, -0.1) is 0 Å². The maximum atomic E-state index is 5.92. The molecular formula is C9H15N3O2. The van der Waals surface area contributed by atoms with Gasteiger partial charge < -0.3 is 15.0 Å². The summed E-state index contributed by atoms with van der Waals surface area (Å²) in [4.78, 5) is 4.18. The third kappa shape index (κ3) is 2.10. The van der Waals surface area contributed by atoms with Crippen LogP contribution in [0.3, 0.4) is 0 Å². The molecule has 1 atom stereocenters. The molecule has 1 saturated carbocycles. The number of nitrogens with zero attached hydrogens (tertiary/aromatic N) is 2. The van der Waals surface area contributed by atoms with E-state index in [-0.39, 0.29) is 6.04 Å². The number of ether oxygens (including phenoxy) is 1. The third-order valence-corrected chi connectivity index (χ3v) is 2.34. The van der Waals surface area contributed by atoms with Crippen LogP contribution in [-0.4, -0.2) is 16.7 Å². The van der Waals surface area contributed by atoms with Crippen molar-refractivity contribution in [2.45, 2.75) is 32.4 Å². The minimum absolute atomic E-state index is 0.0610. The van der Waals surface area contributed by atoms with Crippen LogP contribution in [0.1, 0.15) is 37.5 Å². The Balaban J connectivity index is 1.94. The Morgan fingerprint density at radius 3 is 3.07 bits per heavy atom. The summed E-state index contributed by atoms with van der Waals surface area (Å²) >= 11 is 0. The summed E-state index contributed by atoms with van der Waals surface area (Å²) in [6.45, 7) is 2.94. The molecule has 2 rings (SSSR count). The lowest BCUT2D eigenvalue weighted by Gasteiger charge is -2.01. The predicted molar refractivity (Wildman–Crippen MR) is 49.3 cm³/mol. The quantitative estimate of drug-likeness (QED) is 0.762. The average Bonchev–Trinajstić information content (AvgIpc) is 2.94. The van der Waals surface area contributed by atoms with Gasteiger partial charge >= 0.3 is 0 Å². The summed E-state index contributed by atoms with van der Waals surface area (Å²) < 4.78 is 10.2. The Morgan fingerprint density at radius 2 is 2.43 bits per heavy atom. The molecule has 0 aliphatic heterocycles. The zero-order valence-electron chi connectivity index (χ0n) is 8.27. The van der Waals surface area contributed by atoms with Gasteiger partial charge in [-0.25, -0.2) is 0 Å². The van der Waals surface area contributed by atoms with Gasteiger partial charge in [0.05, 0.1) is 6.04 Å². The smallest absolute Gasteiger partial charge is 0.252 e. The van der Waals surface area contributed by atoms with Crippen LogP contribution in [0.4, 0.5) is 0 Å². The number of hydrogen-bond donors (Lipinski definition) is 1. The highest BCUT2D eigenvalue weighted by molar-refractivity contribution is 4.99. The normalized spacial score (nSPS) is 18.4. The van der Waals surface area contributed by atoms with E-state index in [1.807, 2.05) is 6.92 Å². The monoisotopic (exact) mass is 197 g/mol. The van der Waals surface area contributed by atoms with Gasteiger partial charge in [0.25, 0.3) is 5.89 Å². The summed E-state index contributed by atoms with van der Waals surface area (Å²) in [6.07, 6.45) is 2.35. The SMILES string of the molecule is CCOCc1nc(C(N)C2CC2)no1. The molecule has 0 amide bonds. The second-order valence-electron chi connectivity index (χ2n) is 3.55. The van der Waals surface area contributed by atoms with Crippen LogP contribution in [0.2, 0.25) is 0 Å². The van der Waals surface area contributed by atoms with Gasteiger partial charge in [-0.05, 0) is 25.7 Å². The largest absolute Gasteiger partial charge is 0.372 e. The van der Waals surface area contributed by atoms with Gasteiger partial charge in [-0.1, -0.05) is 5.16 Å². The Kier molecular flexibility index (Phi) is 2.79. The predicted octanol–water partition coefficient (Wildman–Crippen LogP) is 1.02. The molecule has 2 N–H and O–H groups in total. The third-order valence-electron chi connectivity index (χ3n) is 2.34. The molecule has 1 heterocycles. The summed E-state index contributed by atoms with van der Waals surface area (Å²) in [7, 11) is 0. The molecule has 1 aromatic rings. The summed E-state index contributed by atoms with van der Waals surface area (Å²) in [5.74, 6) is 1.67. The van der Waals surface area contributed by atoms with E-state index >= 15 is 0 Å². The van der Waals surface area contributed by atoms with Crippen LogP contribution >= 0.6 is 0 Å². The van der Waals surface area contributed by atoms with Gasteiger partial charge in [0, 0.05) is 6.61 Å². The van der Waals surface area contributed by atoms with Crippen molar-refractivity contribution >= 4 is 0 Å². The minimum atomic E-state index is -0.0610. The number of aromatic nitrogens is 2. The van der Waals surface area contributed by atoms with Crippen molar-refractivity contribution in [3.8, 4) is 0 Å². The molecule has 0 spiro atoms. The Morgan fingerprint density at radius 1 is 1.64 bits per heavy atom. The molecule has 1 unspecified atom stereocenters. The van der Waals surface area contributed by atoms with Gasteiger partial charge in [0.15, 0.2) is 5.82 Å². The lowest BCUT2D eigenvalue weighted by atomic mass is 10.2. The van der Waals surface area contributed by atoms with Crippen LogP contribution in [0.15, 0.2) is 4.52 Å². The topological polar surface area (TPSA) is 74.2 Å². The van der Waals surface area contributed by atoms with Gasteiger partial charge in [-0.3, -0.25) is 0 Å². The molecule has 78 valence electrons. The van der Waals surface area contributed by atoms with E-state index in [0.717, 1.165) is 0 Å². The fraction of sp³-hybridized carbons (Fsp3) is 0.778. The van der Waals surface area contributed by atoms with E-state index in [1.54, 1.807) is 0 Å². The van der Waals surface area contributed by atoms with Crippen molar-refractivity contribution in [2.24, 2.45) is 11.7 Å². The average molecular weight is 197 g/mol. The maximum absolute atomic E-state index is 5.92. The van der Waals surface area contributed by atoms with Crippen LogP contribution in [-0.2, 0) is 11.3 Å². The lowest BCUT2D eigenvalue weighted by Crippen LogP contribution is -2.14. The molecule has 0 aromatic carbocycles. The van der Waals surface area contributed by atoms with Crippen molar-refractivity contribution in [1.82, 2.24) is 10.1 Å². The fourth-order valence-electron chi connectivity index (χ4n) is 1.32. The molecule has 5 nitrogen and oxygen atoms in total. The van der Waals surface area contributed by atoms with Crippen LogP contribution in [0.5, 0.6) is 0 Å². The zero-order chi connectivity index (χ0) is 9.97. The van der Waals surface area contributed by atoms with Crippen molar-refractivity contribution in [2.75, 3.05) is 6.61 Å². The van der Waals surface area contributed by atoms with Gasteiger partial charge in [0.2, 0.25) is 0 Å². The van der Waals surface area contributed by atoms with E-state index in [2.05, 4.69) is 10.1 Å². The summed E-state index contributed by atoms with van der Waals surface area (Å²) in [5.41, 5.74) is 5.92. The number of nitrogens with two attached hydrogens (primary N) is 1. The van der Waals surface area contributed by atoms with Crippen molar-refractivity contribution in [3.05, 3.63) is 11.7 Å². The van der Waals surface area contributed by atoms with Crippen molar-refractivity contribution < 1.29 is 9.26 Å². The van der Waals surface area contributed by atoms with Gasteiger partial charge in [-0.2, -0.15) is 4.98 Å². The molecule has 0 saturated heterocycles. The summed E-state index contributed by atoms with van der Waals surface area (Å²) in [6, 6.07) is -0.0610. The molecule has 1 aliphatic carbocycles. The van der Waals surface area contributed by atoms with E-state index in [1.165, 1.54) is 12.8 Å². The number of rotatable bonds is 5. The Labute approximate surface area is 82.6 Å². The van der Waals surface area contributed by atoms with Crippen molar-refractivity contribution in [1.29, 1.82) is 0 Å². The lowest BCUT2D eigenvalue weighted by molar-refractivity contribution is 0.109. The first-order chi connectivity index (χ1) is 6.81. The molecular weight excluding hydrogens is 182 g/mol. The highest BCUT2D eigenvalue weighted by Crippen LogP contribution is 2.38. The molecule has 5 heteroatoms. The van der Waals surface area contributed by atoms with Gasteiger partial charge in [0.1, 0.15) is 6.61 Å². The first kappa shape index (κ1) is 9.61. The van der Waals surface area contributed by atoms with E-state index in [4.69, 9.17) is 15.0 Å². The Bertz CT molecular complexity index is 296. The van der Waals surface area contributed by atoms with E-state index in [0.29, 0.717) is 30.8 Å². The second kappa shape index (κ2) is 4.06. The first-order valence-corrected chi connectivity index (χ1v) is 4.97. The summed E-state index contributed by atoms with van der Waals surface area (Å²) in [5, 5.41) is 3.84. The molecule has 1 aliphatic rings. The molecule has 0 radical (unpaired) electrons. The fourth-order valence-corrected chi connectivity index (χ4v) is 1.32. The zero-order valence-corrected chi connectivity index (χ0v) is 8.27. The highest BCUT2D eigenvalue weighted by Gasteiger charge is 2.32. The molecule has 0 bridgehead atoms. The molecule has 14 heavy (non-hydrogen) atoms. The van der Waals surface area contributed by atoms with Crippen LogP contribution in [0.25, 0.3) is 0 Å². The first-order valence-electron chi connectivity index (χ1n) is 4.97. The maximum Gasteiger partial charge on any atom is 0.252 e. The minimum Gasteiger partial charge on any atom is -0.372 e. The highest BCUT2D eigenvalue weighted by atomic mass is 16.5. The van der Waals surface area contributed by atoms with E-state index < -0.39 is 0 Å². The second-order valence-corrected chi connectivity index (χ2v) is 3.55. The van der Waals surface area contributed by atoms with Crippen molar-refractivity contribution in [3.63, 3.8) is 0 Å². The molecule has 1 fully saturated rings.